The van der Waals surface area contributed by atoms with Crippen molar-refractivity contribution in [2.45, 2.75) is 26.1 Å². The fourth-order valence-corrected chi connectivity index (χ4v) is 1.76. The Labute approximate surface area is 90.0 Å². The summed E-state index contributed by atoms with van der Waals surface area (Å²) in [5.74, 6) is -0.219. The largest absolute Gasteiger partial charge is 0.465 e. The molecule has 5 nitrogen and oxygen atoms in total. The van der Waals surface area contributed by atoms with E-state index < -0.39 is 0 Å². The molecule has 1 N–H and O–H groups in total. The number of rotatable bonds is 4. The zero-order valence-corrected chi connectivity index (χ0v) is 9.31. The van der Waals surface area contributed by atoms with Crippen LogP contribution >= 0.6 is 0 Å². The molecule has 0 bridgehead atoms. The lowest BCUT2D eigenvalue weighted by atomic mass is 10.2. The van der Waals surface area contributed by atoms with Gasteiger partial charge in [-0.15, -0.1) is 0 Å². The molecule has 1 fully saturated rings. The Morgan fingerprint density at radius 3 is 2.93 bits per heavy atom. The number of esters is 1. The average molecular weight is 217 g/mol. The number of aliphatic hydroxyl groups is 1. The second-order valence-electron chi connectivity index (χ2n) is 3.75. The van der Waals surface area contributed by atoms with Crippen LogP contribution in [-0.4, -0.2) is 61.0 Å². The Hall–Kier alpha value is -0.650. The summed E-state index contributed by atoms with van der Waals surface area (Å²) in [7, 11) is 0. The van der Waals surface area contributed by atoms with Crippen LogP contribution in [0.15, 0.2) is 0 Å². The molecule has 15 heavy (non-hydrogen) atoms. The van der Waals surface area contributed by atoms with Gasteiger partial charge in [-0.2, -0.15) is 0 Å². The number of hydrogen-bond acceptors (Lipinski definition) is 5. The number of aliphatic hydroxyl groups excluding tert-OH is 1. The van der Waals surface area contributed by atoms with Gasteiger partial charge in [-0.3, -0.25) is 9.69 Å². The Bertz CT molecular complexity index is 210. The highest BCUT2D eigenvalue weighted by atomic mass is 16.5. The van der Waals surface area contributed by atoms with Gasteiger partial charge in [0.05, 0.1) is 32.0 Å². The van der Waals surface area contributed by atoms with E-state index in [-0.39, 0.29) is 31.3 Å². The van der Waals surface area contributed by atoms with E-state index in [0.717, 1.165) is 0 Å². The Morgan fingerprint density at radius 2 is 2.33 bits per heavy atom. The monoisotopic (exact) mass is 217 g/mol. The molecule has 1 heterocycles. The van der Waals surface area contributed by atoms with E-state index in [9.17, 15) is 4.79 Å². The minimum atomic E-state index is -0.219. The van der Waals surface area contributed by atoms with Crippen LogP contribution in [0.3, 0.4) is 0 Å². The topological polar surface area (TPSA) is 59.0 Å². The molecule has 0 aromatic carbocycles. The van der Waals surface area contributed by atoms with E-state index in [0.29, 0.717) is 19.7 Å². The van der Waals surface area contributed by atoms with Gasteiger partial charge in [0.2, 0.25) is 0 Å². The van der Waals surface area contributed by atoms with E-state index in [1.165, 1.54) is 0 Å². The van der Waals surface area contributed by atoms with Crippen LogP contribution in [0.2, 0.25) is 0 Å². The van der Waals surface area contributed by atoms with E-state index >= 15 is 0 Å². The van der Waals surface area contributed by atoms with Gasteiger partial charge in [0.1, 0.15) is 0 Å². The molecule has 0 aliphatic carbocycles. The fraction of sp³-hybridized carbons (Fsp3) is 0.900. The van der Waals surface area contributed by atoms with Gasteiger partial charge in [0.15, 0.2) is 0 Å². The van der Waals surface area contributed by atoms with Crippen molar-refractivity contribution in [3.63, 3.8) is 0 Å². The predicted octanol–water partition coefficient (Wildman–Crippen LogP) is -0.369. The van der Waals surface area contributed by atoms with E-state index in [1.54, 1.807) is 6.92 Å². The molecular formula is C10H19NO4. The third kappa shape index (κ3) is 4.15. The van der Waals surface area contributed by atoms with Crippen LogP contribution in [-0.2, 0) is 14.3 Å². The van der Waals surface area contributed by atoms with Crippen LogP contribution in [0, 0.1) is 0 Å². The smallest absolute Gasteiger partial charge is 0.320 e. The number of nitrogens with zero attached hydrogens (tertiary/aromatic N) is 1. The molecule has 0 spiro atoms. The standard InChI is InChI=1S/C10H19NO4/c1-3-14-10(13)6-11-4-8(2)15-9(5-11)7-12/h8-9,12H,3-7H2,1-2H3. The molecule has 2 atom stereocenters. The molecule has 1 saturated heterocycles. The maximum atomic E-state index is 11.2. The summed E-state index contributed by atoms with van der Waals surface area (Å²) >= 11 is 0. The summed E-state index contributed by atoms with van der Waals surface area (Å²) < 4.78 is 10.3. The van der Waals surface area contributed by atoms with Crippen LogP contribution in [0.1, 0.15) is 13.8 Å². The Balaban J connectivity index is 2.37. The number of carbonyl (C=O) groups excluding carboxylic acids is 1. The van der Waals surface area contributed by atoms with Gasteiger partial charge >= 0.3 is 5.97 Å². The van der Waals surface area contributed by atoms with Crippen molar-refractivity contribution < 1.29 is 19.4 Å². The van der Waals surface area contributed by atoms with Crippen LogP contribution in [0.5, 0.6) is 0 Å². The minimum absolute atomic E-state index is 0.0103. The van der Waals surface area contributed by atoms with Crippen molar-refractivity contribution in [2.75, 3.05) is 32.8 Å². The van der Waals surface area contributed by atoms with Crippen LogP contribution in [0.25, 0.3) is 0 Å². The molecule has 2 unspecified atom stereocenters. The molecule has 0 radical (unpaired) electrons. The number of morpholine rings is 1. The van der Waals surface area contributed by atoms with Crippen molar-refractivity contribution in [1.82, 2.24) is 4.90 Å². The molecule has 1 aliphatic heterocycles. The predicted molar refractivity (Wildman–Crippen MR) is 54.5 cm³/mol. The summed E-state index contributed by atoms with van der Waals surface area (Å²) in [5.41, 5.74) is 0. The average Bonchev–Trinajstić information content (AvgIpc) is 2.17. The van der Waals surface area contributed by atoms with Crippen molar-refractivity contribution in [2.24, 2.45) is 0 Å². The number of hydrogen-bond donors (Lipinski definition) is 1. The minimum Gasteiger partial charge on any atom is -0.465 e. The summed E-state index contributed by atoms with van der Waals surface area (Å²) in [6.45, 7) is 5.68. The zero-order valence-electron chi connectivity index (χ0n) is 9.31. The Morgan fingerprint density at radius 1 is 1.60 bits per heavy atom. The molecular weight excluding hydrogens is 198 g/mol. The Kier molecular flexibility index (Phi) is 5.01. The fourth-order valence-electron chi connectivity index (χ4n) is 1.76. The highest BCUT2D eigenvalue weighted by molar-refractivity contribution is 5.71. The maximum Gasteiger partial charge on any atom is 0.320 e. The van der Waals surface area contributed by atoms with E-state index in [1.807, 2.05) is 11.8 Å². The van der Waals surface area contributed by atoms with Gasteiger partial charge in [0, 0.05) is 13.1 Å². The second-order valence-corrected chi connectivity index (χ2v) is 3.75. The molecule has 1 rings (SSSR count). The maximum absolute atomic E-state index is 11.2. The lowest BCUT2D eigenvalue weighted by Crippen LogP contribution is -2.49. The first-order chi connectivity index (χ1) is 7.15. The van der Waals surface area contributed by atoms with Crippen molar-refractivity contribution in [3.8, 4) is 0 Å². The molecule has 0 aromatic heterocycles. The van der Waals surface area contributed by atoms with Gasteiger partial charge in [-0.25, -0.2) is 0 Å². The molecule has 5 heteroatoms. The van der Waals surface area contributed by atoms with Gasteiger partial charge in [-0.05, 0) is 13.8 Å². The first kappa shape index (κ1) is 12.4. The highest BCUT2D eigenvalue weighted by Gasteiger charge is 2.26. The summed E-state index contributed by atoms with van der Waals surface area (Å²) in [6, 6.07) is 0. The first-order valence-corrected chi connectivity index (χ1v) is 5.30. The first-order valence-electron chi connectivity index (χ1n) is 5.30. The van der Waals surface area contributed by atoms with Crippen molar-refractivity contribution in [3.05, 3.63) is 0 Å². The van der Waals surface area contributed by atoms with Crippen molar-refractivity contribution >= 4 is 5.97 Å². The number of carbonyl (C=O) groups is 1. The third-order valence-electron chi connectivity index (χ3n) is 2.26. The highest BCUT2D eigenvalue weighted by Crippen LogP contribution is 2.10. The lowest BCUT2D eigenvalue weighted by molar-refractivity contribution is -0.149. The van der Waals surface area contributed by atoms with Crippen LogP contribution < -0.4 is 0 Å². The zero-order chi connectivity index (χ0) is 11.3. The summed E-state index contributed by atoms with van der Waals surface area (Å²) in [5, 5.41) is 9.00. The lowest BCUT2D eigenvalue weighted by Gasteiger charge is -2.35. The van der Waals surface area contributed by atoms with E-state index in [4.69, 9.17) is 14.6 Å². The molecule has 1 aliphatic rings. The second kappa shape index (κ2) is 6.05. The number of ether oxygens (including phenoxy) is 2. The third-order valence-corrected chi connectivity index (χ3v) is 2.26. The molecule has 88 valence electrons. The van der Waals surface area contributed by atoms with Gasteiger partial charge in [0.25, 0.3) is 0 Å². The van der Waals surface area contributed by atoms with E-state index in [2.05, 4.69) is 0 Å². The SMILES string of the molecule is CCOC(=O)CN1CC(C)OC(CO)C1. The molecule has 0 aromatic rings. The van der Waals surface area contributed by atoms with Gasteiger partial charge < -0.3 is 14.6 Å². The summed E-state index contributed by atoms with van der Waals surface area (Å²) in [6.07, 6.45) is -0.145. The molecule has 0 saturated carbocycles. The summed E-state index contributed by atoms with van der Waals surface area (Å²) in [4.78, 5) is 13.2. The van der Waals surface area contributed by atoms with Gasteiger partial charge in [-0.1, -0.05) is 0 Å². The normalized spacial score (nSPS) is 27.7. The molecule has 0 amide bonds. The quantitative estimate of drug-likeness (QED) is 0.651. The van der Waals surface area contributed by atoms with Crippen LogP contribution in [0.4, 0.5) is 0 Å². The van der Waals surface area contributed by atoms with Crippen molar-refractivity contribution in [1.29, 1.82) is 0 Å².